The lowest BCUT2D eigenvalue weighted by atomic mass is 9.83. The van der Waals surface area contributed by atoms with Gasteiger partial charge in [0.1, 0.15) is 5.82 Å². The zero-order chi connectivity index (χ0) is 22.8. The van der Waals surface area contributed by atoms with E-state index in [9.17, 15) is 14.9 Å². The molecule has 168 valence electrons. The highest BCUT2D eigenvalue weighted by atomic mass is 16.6. The predicted octanol–water partition coefficient (Wildman–Crippen LogP) is 2.57. The molecule has 1 aromatic carbocycles. The van der Waals surface area contributed by atoms with Gasteiger partial charge in [0, 0.05) is 62.6 Å². The van der Waals surface area contributed by atoms with E-state index in [1.54, 1.807) is 30.7 Å². The van der Waals surface area contributed by atoms with Crippen molar-refractivity contribution in [1.29, 1.82) is 0 Å². The number of anilines is 2. The number of carbonyl (C=O) groups is 1. The second-order valence-corrected chi connectivity index (χ2v) is 8.35. The lowest BCUT2D eigenvalue weighted by Gasteiger charge is -2.49. The Morgan fingerprint density at radius 2 is 2.06 bits per heavy atom. The minimum Gasteiger partial charge on any atom is -0.364 e. The van der Waals surface area contributed by atoms with Crippen LogP contribution >= 0.6 is 0 Å². The van der Waals surface area contributed by atoms with Gasteiger partial charge in [-0.3, -0.25) is 19.9 Å². The number of nitrogens with zero attached hydrogens (tertiary/aromatic N) is 5. The Morgan fingerprint density at radius 1 is 1.15 bits per heavy atom. The molecule has 1 fully saturated rings. The molecule has 2 unspecified atom stereocenters. The van der Waals surface area contributed by atoms with Crippen LogP contribution in [0.5, 0.6) is 0 Å². The third-order valence-electron chi connectivity index (χ3n) is 6.41. The van der Waals surface area contributed by atoms with Crippen LogP contribution in [0.15, 0.2) is 67.1 Å². The van der Waals surface area contributed by atoms with E-state index in [-0.39, 0.29) is 28.5 Å². The number of hydrogen-bond acceptors (Lipinski definition) is 7. The van der Waals surface area contributed by atoms with Crippen LogP contribution in [0.25, 0.3) is 0 Å². The van der Waals surface area contributed by atoms with Crippen LogP contribution in [0.3, 0.4) is 0 Å². The van der Waals surface area contributed by atoms with Crippen molar-refractivity contribution in [3.63, 3.8) is 0 Å². The van der Waals surface area contributed by atoms with Crippen LogP contribution in [0.2, 0.25) is 0 Å². The fraction of sp³-hybridized carbons (Fsp3) is 0.292. The number of rotatable bonds is 5. The third kappa shape index (κ3) is 4.21. The van der Waals surface area contributed by atoms with Crippen LogP contribution < -0.4 is 15.1 Å². The predicted molar refractivity (Wildman–Crippen MR) is 124 cm³/mol. The Labute approximate surface area is 191 Å². The number of nitro benzene ring substituents is 1. The molecule has 9 heteroatoms. The molecule has 1 amide bonds. The Morgan fingerprint density at radius 3 is 2.82 bits per heavy atom. The zero-order valence-corrected chi connectivity index (χ0v) is 18.0. The number of piperazine rings is 1. The van der Waals surface area contributed by atoms with Crippen molar-refractivity contribution in [2.45, 2.75) is 19.0 Å². The first-order chi connectivity index (χ1) is 16.1. The molecule has 4 heterocycles. The summed E-state index contributed by atoms with van der Waals surface area (Å²) in [4.78, 5) is 37.4. The molecule has 5 rings (SSSR count). The summed E-state index contributed by atoms with van der Waals surface area (Å²) in [6.45, 7) is 2.51. The first-order valence-corrected chi connectivity index (χ1v) is 11.0. The molecule has 0 saturated carbocycles. The van der Waals surface area contributed by atoms with Crippen molar-refractivity contribution >= 4 is 23.1 Å². The van der Waals surface area contributed by atoms with Gasteiger partial charge in [-0.1, -0.05) is 12.1 Å². The third-order valence-corrected chi connectivity index (χ3v) is 6.41. The van der Waals surface area contributed by atoms with Crippen molar-refractivity contribution in [2.24, 2.45) is 5.92 Å². The molecular formula is C24H24N6O3. The van der Waals surface area contributed by atoms with Crippen molar-refractivity contribution in [3.05, 3.63) is 88.4 Å². The molecule has 9 nitrogen and oxygen atoms in total. The Bertz CT molecular complexity index is 1160. The topological polar surface area (TPSA) is 104 Å². The summed E-state index contributed by atoms with van der Waals surface area (Å²) >= 11 is 0. The molecule has 33 heavy (non-hydrogen) atoms. The van der Waals surface area contributed by atoms with Crippen LogP contribution in [-0.4, -0.2) is 46.5 Å². The highest BCUT2D eigenvalue weighted by Gasteiger charge is 2.42. The summed E-state index contributed by atoms with van der Waals surface area (Å²) in [5.74, 6) is 0.484. The van der Waals surface area contributed by atoms with E-state index in [2.05, 4.69) is 25.1 Å². The molecule has 2 aliphatic rings. The van der Waals surface area contributed by atoms with Crippen molar-refractivity contribution in [1.82, 2.24) is 15.3 Å². The highest BCUT2D eigenvalue weighted by Crippen LogP contribution is 2.38. The average molecular weight is 444 g/mol. The normalized spacial score (nSPS) is 19.4. The van der Waals surface area contributed by atoms with Gasteiger partial charge < -0.3 is 15.1 Å². The SMILES string of the molecule is O=C(NCc1cccnc1)C1Cc2cc([N+](=O)[O-])ccc2N2CCN(c3ccccn3)CC12. The second-order valence-electron chi connectivity index (χ2n) is 8.35. The average Bonchev–Trinajstić information content (AvgIpc) is 2.87. The fourth-order valence-electron chi connectivity index (χ4n) is 4.79. The van der Waals surface area contributed by atoms with E-state index in [0.29, 0.717) is 26.1 Å². The van der Waals surface area contributed by atoms with Crippen molar-refractivity contribution in [3.8, 4) is 0 Å². The smallest absolute Gasteiger partial charge is 0.269 e. The maximum Gasteiger partial charge on any atom is 0.269 e. The quantitative estimate of drug-likeness (QED) is 0.476. The summed E-state index contributed by atoms with van der Waals surface area (Å²) < 4.78 is 0. The van der Waals surface area contributed by atoms with Crippen LogP contribution in [0.4, 0.5) is 17.2 Å². The lowest BCUT2D eigenvalue weighted by Crippen LogP contribution is -2.61. The van der Waals surface area contributed by atoms with Gasteiger partial charge in [0.05, 0.1) is 16.9 Å². The molecule has 0 bridgehead atoms. The van der Waals surface area contributed by atoms with Gasteiger partial charge in [0.25, 0.3) is 5.69 Å². The fourth-order valence-corrected chi connectivity index (χ4v) is 4.79. The number of non-ortho nitro benzene ring substituents is 1. The number of fused-ring (bicyclic) bond motifs is 3. The van der Waals surface area contributed by atoms with E-state index in [1.165, 1.54) is 0 Å². The van der Waals surface area contributed by atoms with Gasteiger partial charge >= 0.3 is 0 Å². The first kappa shape index (κ1) is 20.9. The summed E-state index contributed by atoms with van der Waals surface area (Å²) in [5.41, 5.74) is 2.79. The van der Waals surface area contributed by atoms with Crippen molar-refractivity contribution in [2.75, 3.05) is 29.4 Å². The van der Waals surface area contributed by atoms with Gasteiger partial charge in [0.2, 0.25) is 5.91 Å². The van der Waals surface area contributed by atoms with E-state index >= 15 is 0 Å². The zero-order valence-electron chi connectivity index (χ0n) is 18.0. The van der Waals surface area contributed by atoms with E-state index < -0.39 is 0 Å². The van der Waals surface area contributed by atoms with Crippen molar-refractivity contribution < 1.29 is 9.72 Å². The molecule has 2 aliphatic heterocycles. The number of nitro groups is 1. The number of hydrogen-bond donors (Lipinski definition) is 1. The van der Waals surface area contributed by atoms with Gasteiger partial charge in [-0.25, -0.2) is 4.98 Å². The number of carbonyl (C=O) groups excluding carboxylic acids is 1. The second kappa shape index (κ2) is 8.85. The first-order valence-electron chi connectivity index (χ1n) is 11.0. The number of aromatic nitrogens is 2. The monoisotopic (exact) mass is 444 g/mol. The van der Waals surface area contributed by atoms with E-state index in [1.807, 2.05) is 36.4 Å². The maximum absolute atomic E-state index is 13.4. The summed E-state index contributed by atoms with van der Waals surface area (Å²) in [5, 5.41) is 14.4. The lowest BCUT2D eigenvalue weighted by molar-refractivity contribution is -0.384. The number of nitrogens with one attached hydrogen (secondary N) is 1. The van der Waals surface area contributed by atoms with Crippen LogP contribution in [0, 0.1) is 16.0 Å². The van der Waals surface area contributed by atoms with Gasteiger partial charge in [-0.05, 0) is 41.8 Å². The summed E-state index contributed by atoms with van der Waals surface area (Å²) in [6, 6.07) is 14.5. The minimum absolute atomic E-state index is 0.0499. The van der Waals surface area contributed by atoms with Crippen LogP contribution in [0.1, 0.15) is 11.1 Å². The molecule has 1 saturated heterocycles. The molecule has 0 aliphatic carbocycles. The van der Waals surface area contributed by atoms with Gasteiger partial charge in [-0.2, -0.15) is 0 Å². The molecule has 2 aromatic heterocycles. The number of pyridine rings is 2. The van der Waals surface area contributed by atoms with E-state index in [4.69, 9.17) is 0 Å². The maximum atomic E-state index is 13.4. The Balaban J connectivity index is 1.43. The standard InChI is InChI=1S/C24H24N6O3/c31-24(27-15-17-4-3-8-25-14-17)20-13-18-12-19(30(32)33)6-7-21(18)29-11-10-28(16-22(20)29)23-5-1-2-9-26-23/h1-9,12,14,20,22H,10-11,13,15-16H2,(H,27,31). The summed E-state index contributed by atoms with van der Waals surface area (Å²) in [7, 11) is 0. The summed E-state index contributed by atoms with van der Waals surface area (Å²) in [6.07, 6.45) is 5.65. The molecule has 3 aromatic rings. The van der Waals surface area contributed by atoms with Gasteiger partial charge in [0.15, 0.2) is 0 Å². The number of amides is 1. The van der Waals surface area contributed by atoms with Crippen LogP contribution in [-0.2, 0) is 17.8 Å². The Kier molecular flexibility index (Phi) is 5.60. The van der Waals surface area contributed by atoms with E-state index in [0.717, 1.165) is 29.2 Å². The molecular weight excluding hydrogens is 420 g/mol. The molecule has 1 N–H and O–H groups in total. The van der Waals surface area contributed by atoms with Gasteiger partial charge in [-0.15, -0.1) is 0 Å². The largest absolute Gasteiger partial charge is 0.364 e. The number of benzene rings is 1. The minimum atomic E-state index is -0.386. The molecule has 0 spiro atoms. The highest BCUT2D eigenvalue weighted by molar-refractivity contribution is 5.82. The molecule has 2 atom stereocenters. The molecule has 0 radical (unpaired) electrons. The Hall–Kier alpha value is -4.01.